The average Bonchev–Trinajstić information content (AvgIpc) is 2.28. The van der Waals surface area contributed by atoms with Crippen molar-refractivity contribution in [3.8, 4) is 0 Å². The molecule has 0 bridgehead atoms. The molecule has 1 aromatic carbocycles. The Balaban J connectivity index is 2.30. The van der Waals surface area contributed by atoms with Gasteiger partial charge in [-0.05, 0) is 32.4 Å². The smallest absolute Gasteiger partial charge is 0.0754 e. The summed E-state index contributed by atoms with van der Waals surface area (Å²) in [4.78, 5) is 0. The Morgan fingerprint density at radius 2 is 1.88 bits per heavy atom. The summed E-state index contributed by atoms with van der Waals surface area (Å²) in [5, 5.41) is 3.39. The summed E-state index contributed by atoms with van der Waals surface area (Å²) in [5.41, 5.74) is 1.12. The third kappa shape index (κ3) is 5.29. The van der Waals surface area contributed by atoms with Gasteiger partial charge in [-0.3, -0.25) is 0 Å². The predicted octanol–water partition coefficient (Wildman–Crippen LogP) is 2.98. The maximum absolute atomic E-state index is 5.90. The minimum atomic E-state index is -0.106. The number of benzene rings is 1. The molecule has 0 unspecified atom stereocenters. The van der Waals surface area contributed by atoms with Crippen LogP contribution in [-0.2, 0) is 11.3 Å². The minimum Gasteiger partial charge on any atom is -0.370 e. The highest BCUT2D eigenvalue weighted by atomic mass is 16.5. The first-order valence-electron chi connectivity index (χ1n) is 6.02. The number of nitrogens with one attached hydrogen (secondary N) is 1. The summed E-state index contributed by atoms with van der Waals surface area (Å²) in [6.07, 6.45) is 1.16. The predicted molar refractivity (Wildman–Crippen MR) is 68.5 cm³/mol. The van der Waals surface area contributed by atoms with Gasteiger partial charge in [-0.1, -0.05) is 37.3 Å². The summed E-state index contributed by atoms with van der Waals surface area (Å²) < 4.78 is 5.90. The molecule has 0 amide bonds. The lowest BCUT2D eigenvalue weighted by Crippen LogP contribution is -2.37. The van der Waals surface area contributed by atoms with Crippen molar-refractivity contribution in [2.45, 2.75) is 39.4 Å². The molecule has 2 heteroatoms. The molecule has 0 heterocycles. The van der Waals surface area contributed by atoms with E-state index in [1.54, 1.807) is 0 Å². The molecule has 0 fully saturated rings. The molecule has 1 aromatic rings. The molecule has 0 aliphatic carbocycles. The SMILES string of the molecule is CCCNCC(C)(C)OCc1ccccc1. The van der Waals surface area contributed by atoms with Gasteiger partial charge in [0.1, 0.15) is 0 Å². The quantitative estimate of drug-likeness (QED) is 0.715. The highest BCUT2D eigenvalue weighted by Gasteiger charge is 2.17. The van der Waals surface area contributed by atoms with Gasteiger partial charge in [-0.25, -0.2) is 0 Å². The second kappa shape index (κ2) is 6.66. The molecule has 0 spiro atoms. The van der Waals surface area contributed by atoms with Crippen LogP contribution in [0.1, 0.15) is 32.8 Å². The maximum atomic E-state index is 5.90. The Hall–Kier alpha value is -0.860. The van der Waals surface area contributed by atoms with E-state index in [-0.39, 0.29) is 5.60 Å². The zero-order valence-electron chi connectivity index (χ0n) is 10.6. The summed E-state index contributed by atoms with van der Waals surface area (Å²) in [7, 11) is 0. The van der Waals surface area contributed by atoms with E-state index in [1.807, 2.05) is 18.2 Å². The van der Waals surface area contributed by atoms with Crippen molar-refractivity contribution in [3.63, 3.8) is 0 Å². The molecule has 1 N–H and O–H groups in total. The zero-order chi connectivity index (χ0) is 11.9. The molecule has 2 nitrogen and oxygen atoms in total. The molecule has 0 aromatic heterocycles. The van der Waals surface area contributed by atoms with Crippen LogP contribution in [0.5, 0.6) is 0 Å². The zero-order valence-corrected chi connectivity index (χ0v) is 10.6. The highest BCUT2D eigenvalue weighted by molar-refractivity contribution is 5.13. The molecule has 1 rings (SSSR count). The van der Waals surface area contributed by atoms with E-state index in [1.165, 1.54) is 5.56 Å². The van der Waals surface area contributed by atoms with Crippen LogP contribution in [-0.4, -0.2) is 18.7 Å². The first-order chi connectivity index (χ1) is 7.64. The van der Waals surface area contributed by atoms with Gasteiger partial charge in [-0.2, -0.15) is 0 Å². The highest BCUT2D eigenvalue weighted by Crippen LogP contribution is 2.11. The topological polar surface area (TPSA) is 21.3 Å². The molecule has 0 aliphatic heterocycles. The van der Waals surface area contributed by atoms with Crippen molar-refractivity contribution in [1.29, 1.82) is 0 Å². The largest absolute Gasteiger partial charge is 0.370 e. The van der Waals surface area contributed by atoms with E-state index < -0.39 is 0 Å². The van der Waals surface area contributed by atoms with Crippen molar-refractivity contribution in [2.24, 2.45) is 0 Å². The lowest BCUT2D eigenvalue weighted by atomic mass is 10.1. The molecule has 90 valence electrons. The third-order valence-electron chi connectivity index (χ3n) is 2.45. The van der Waals surface area contributed by atoms with E-state index in [0.717, 1.165) is 19.5 Å². The minimum absolute atomic E-state index is 0.106. The Morgan fingerprint density at radius 3 is 2.50 bits per heavy atom. The monoisotopic (exact) mass is 221 g/mol. The fourth-order valence-corrected chi connectivity index (χ4v) is 1.47. The summed E-state index contributed by atoms with van der Waals surface area (Å²) >= 11 is 0. The van der Waals surface area contributed by atoms with Crippen LogP contribution in [0.15, 0.2) is 30.3 Å². The molecule has 0 aliphatic rings. The fraction of sp³-hybridized carbons (Fsp3) is 0.571. The van der Waals surface area contributed by atoms with Crippen LogP contribution >= 0.6 is 0 Å². The second-order valence-corrected chi connectivity index (χ2v) is 4.71. The number of ether oxygens (including phenoxy) is 1. The van der Waals surface area contributed by atoms with Crippen LogP contribution in [0.4, 0.5) is 0 Å². The van der Waals surface area contributed by atoms with E-state index >= 15 is 0 Å². The van der Waals surface area contributed by atoms with Gasteiger partial charge in [0, 0.05) is 6.54 Å². The van der Waals surface area contributed by atoms with Gasteiger partial charge in [0.2, 0.25) is 0 Å². The van der Waals surface area contributed by atoms with Crippen LogP contribution in [0.2, 0.25) is 0 Å². The fourth-order valence-electron chi connectivity index (χ4n) is 1.47. The van der Waals surface area contributed by atoms with E-state index in [0.29, 0.717) is 6.61 Å². The lowest BCUT2D eigenvalue weighted by Gasteiger charge is -2.25. The number of hydrogen-bond acceptors (Lipinski definition) is 2. The first kappa shape index (κ1) is 13.2. The second-order valence-electron chi connectivity index (χ2n) is 4.71. The Labute approximate surface area is 99.0 Å². The van der Waals surface area contributed by atoms with Crippen LogP contribution < -0.4 is 5.32 Å². The van der Waals surface area contributed by atoms with Crippen molar-refractivity contribution >= 4 is 0 Å². The molecular weight excluding hydrogens is 198 g/mol. The number of hydrogen-bond donors (Lipinski definition) is 1. The lowest BCUT2D eigenvalue weighted by molar-refractivity contribution is -0.0277. The van der Waals surface area contributed by atoms with Crippen molar-refractivity contribution in [2.75, 3.05) is 13.1 Å². The molecule has 0 saturated heterocycles. The van der Waals surface area contributed by atoms with E-state index in [2.05, 4.69) is 38.2 Å². The van der Waals surface area contributed by atoms with Crippen LogP contribution in [0.25, 0.3) is 0 Å². The van der Waals surface area contributed by atoms with Gasteiger partial charge in [0.25, 0.3) is 0 Å². The van der Waals surface area contributed by atoms with Crippen molar-refractivity contribution in [1.82, 2.24) is 5.32 Å². The molecule has 0 atom stereocenters. The van der Waals surface area contributed by atoms with Crippen LogP contribution in [0.3, 0.4) is 0 Å². The Morgan fingerprint density at radius 1 is 1.19 bits per heavy atom. The standard InChI is InChI=1S/C14H23NO/c1-4-10-15-12-14(2,3)16-11-13-8-6-5-7-9-13/h5-9,15H,4,10-12H2,1-3H3. The van der Waals surface area contributed by atoms with Gasteiger partial charge in [0.15, 0.2) is 0 Å². The first-order valence-corrected chi connectivity index (χ1v) is 6.02. The molecule has 0 radical (unpaired) electrons. The van der Waals surface area contributed by atoms with Crippen molar-refractivity contribution in [3.05, 3.63) is 35.9 Å². The van der Waals surface area contributed by atoms with Crippen LogP contribution in [0, 0.1) is 0 Å². The van der Waals surface area contributed by atoms with Gasteiger partial charge < -0.3 is 10.1 Å². The maximum Gasteiger partial charge on any atom is 0.0754 e. The normalized spacial score (nSPS) is 11.7. The Kier molecular flexibility index (Phi) is 5.50. The Bertz CT molecular complexity index is 282. The summed E-state index contributed by atoms with van der Waals surface area (Å²) in [6, 6.07) is 10.3. The van der Waals surface area contributed by atoms with Gasteiger partial charge >= 0.3 is 0 Å². The molecular formula is C14H23NO. The van der Waals surface area contributed by atoms with Gasteiger partial charge in [0.05, 0.1) is 12.2 Å². The third-order valence-corrected chi connectivity index (χ3v) is 2.45. The average molecular weight is 221 g/mol. The number of rotatable bonds is 7. The van der Waals surface area contributed by atoms with Gasteiger partial charge in [-0.15, -0.1) is 0 Å². The molecule has 0 saturated carbocycles. The summed E-state index contributed by atoms with van der Waals surface area (Å²) in [5.74, 6) is 0. The van der Waals surface area contributed by atoms with E-state index in [4.69, 9.17) is 4.74 Å². The molecule has 16 heavy (non-hydrogen) atoms. The van der Waals surface area contributed by atoms with Crippen molar-refractivity contribution < 1.29 is 4.74 Å². The van der Waals surface area contributed by atoms with E-state index in [9.17, 15) is 0 Å². The summed E-state index contributed by atoms with van der Waals surface area (Å²) in [6.45, 7) is 9.05.